The van der Waals surface area contributed by atoms with Crippen LogP contribution < -0.4 is 5.73 Å². The van der Waals surface area contributed by atoms with E-state index in [4.69, 9.17) is 5.73 Å². The van der Waals surface area contributed by atoms with Crippen molar-refractivity contribution >= 4 is 17.6 Å². The van der Waals surface area contributed by atoms with Crippen LogP contribution in [0.4, 0.5) is 5.82 Å². The first-order valence-corrected chi connectivity index (χ1v) is 9.76. The smallest absolute Gasteiger partial charge is 0.142 e. The number of aryl methyl sites for hydroxylation is 1. The van der Waals surface area contributed by atoms with Gasteiger partial charge in [0.1, 0.15) is 17.5 Å². The monoisotopic (exact) mass is 337 g/mol. The minimum absolute atomic E-state index is 0.370. The Morgan fingerprint density at radius 2 is 2.08 bits per heavy atom. The van der Waals surface area contributed by atoms with E-state index in [2.05, 4.69) is 48.5 Å². The van der Waals surface area contributed by atoms with E-state index in [1.807, 2.05) is 0 Å². The Hall–Kier alpha value is -1.99. The minimum atomic E-state index is 0.370. The molecular weight excluding hydrogens is 314 g/mol. The first kappa shape index (κ1) is 16.9. The third kappa shape index (κ3) is 3.14. The first-order chi connectivity index (χ1) is 11.7. The van der Waals surface area contributed by atoms with Crippen molar-refractivity contribution < 1.29 is 0 Å². The maximum Gasteiger partial charge on any atom is 0.142 e. The fraction of sp³-hybridized carbons (Fsp3) is 0.400. The Kier molecular flexibility index (Phi) is 5.11. The second kappa shape index (κ2) is 7.27. The van der Waals surface area contributed by atoms with Gasteiger partial charge in [0.25, 0.3) is 0 Å². The number of nitrogen functional groups attached to an aromatic ring is 1. The SMILES string of the molecule is CCCC1CCc2nc(N)c(C#N)c(-c3ccc(SC)cc3)c2C1. The standard InChI is InChI=1S/C20H23N3S/c1-3-4-13-5-10-18-16(11-13)19(17(12-21)20(22)23-18)14-6-8-15(24-2)9-7-14/h6-9,13H,3-5,10-11H2,1-2H3,(H2,22,23). The summed E-state index contributed by atoms with van der Waals surface area (Å²) in [5.41, 5.74) is 11.0. The predicted molar refractivity (Wildman–Crippen MR) is 101 cm³/mol. The average molecular weight is 337 g/mol. The zero-order valence-electron chi connectivity index (χ0n) is 14.3. The number of aromatic nitrogens is 1. The second-order valence-electron chi connectivity index (χ2n) is 6.41. The number of anilines is 1. The summed E-state index contributed by atoms with van der Waals surface area (Å²) in [5.74, 6) is 1.05. The van der Waals surface area contributed by atoms with Gasteiger partial charge >= 0.3 is 0 Å². The van der Waals surface area contributed by atoms with Gasteiger partial charge in [-0.05, 0) is 54.7 Å². The zero-order chi connectivity index (χ0) is 17.1. The summed E-state index contributed by atoms with van der Waals surface area (Å²) in [7, 11) is 0. The van der Waals surface area contributed by atoms with Crippen molar-refractivity contribution in [3.8, 4) is 17.2 Å². The summed E-state index contributed by atoms with van der Waals surface area (Å²) in [6.45, 7) is 2.24. The number of fused-ring (bicyclic) bond motifs is 1. The van der Waals surface area contributed by atoms with E-state index in [0.717, 1.165) is 29.7 Å². The van der Waals surface area contributed by atoms with Crippen LogP contribution in [0.5, 0.6) is 0 Å². The van der Waals surface area contributed by atoms with Crippen LogP contribution in [-0.2, 0) is 12.8 Å². The van der Waals surface area contributed by atoms with Crippen LogP contribution in [0, 0.1) is 17.2 Å². The van der Waals surface area contributed by atoms with Crippen LogP contribution in [0.15, 0.2) is 29.2 Å². The minimum Gasteiger partial charge on any atom is -0.383 e. The van der Waals surface area contributed by atoms with Gasteiger partial charge in [0.15, 0.2) is 0 Å². The molecule has 1 unspecified atom stereocenters. The van der Waals surface area contributed by atoms with Crippen molar-refractivity contribution in [2.24, 2.45) is 5.92 Å². The van der Waals surface area contributed by atoms with E-state index in [1.54, 1.807) is 11.8 Å². The maximum absolute atomic E-state index is 9.66. The highest BCUT2D eigenvalue weighted by Gasteiger charge is 2.26. The lowest BCUT2D eigenvalue weighted by Crippen LogP contribution is -2.18. The van der Waals surface area contributed by atoms with Crippen molar-refractivity contribution in [1.29, 1.82) is 5.26 Å². The van der Waals surface area contributed by atoms with Crippen molar-refractivity contribution in [2.75, 3.05) is 12.0 Å². The van der Waals surface area contributed by atoms with Crippen LogP contribution in [0.3, 0.4) is 0 Å². The van der Waals surface area contributed by atoms with Crippen molar-refractivity contribution in [3.05, 3.63) is 41.1 Å². The second-order valence-corrected chi connectivity index (χ2v) is 7.29. The summed E-state index contributed by atoms with van der Waals surface area (Å²) >= 11 is 1.72. The molecule has 0 radical (unpaired) electrons. The summed E-state index contributed by atoms with van der Waals surface area (Å²) in [4.78, 5) is 5.77. The number of pyridine rings is 1. The van der Waals surface area contributed by atoms with Crippen LogP contribution in [0.1, 0.15) is 43.0 Å². The number of hydrogen-bond donors (Lipinski definition) is 1. The molecule has 3 nitrogen and oxygen atoms in total. The van der Waals surface area contributed by atoms with Crippen molar-refractivity contribution in [3.63, 3.8) is 0 Å². The zero-order valence-corrected chi connectivity index (χ0v) is 15.1. The molecule has 3 rings (SSSR count). The highest BCUT2D eigenvalue weighted by Crippen LogP contribution is 2.38. The van der Waals surface area contributed by atoms with E-state index >= 15 is 0 Å². The van der Waals surface area contributed by atoms with Crippen LogP contribution in [0.25, 0.3) is 11.1 Å². The van der Waals surface area contributed by atoms with E-state index in [1.165, 1.54) is 29.7 Å². The van der Waals surface area contributed by atoms with Crippen LogP contribution in [0.2, 0.25) is 0 Å². The fourth-order valence-electron chi connectivity index (χ4n) is 3.69. The normalized spacial score (nSPS) is 16.5. The van der Waals surface area contributed by atoms with E-state index in [-0.39, 0.29) is 0 Å². The molecule has 1 aromatic carbocycles. The average Bonchev–Trinajstić information content (AvgIpc) is 2.61. The topological polar surface area (TPSA) is 62.7 Å². The largest absolute Gasteiger partial charge is 0.383 e. The quantitative estimate of drug-likeness (QED) is 0.812. The summed E-state index contributed by atoms with van der Waals surface area (Å²) in [6, 6.07) is 10.7. The molecule has 1 aliphatic carbocycles. The third-order valence-corrected chi connectivity index (χ3v) is 5.62. The van der Waals surface area contributed by atoms with Crippen molar-refractivity contribution in [2.45, 2.75) is 43.9 Å². The fourth-order valence-corrected chi connectivity index (χ4v) is 4.10. The molecule has 0 spiro atoms. The van der Waals surface area contributed by atoms with Gasteiger partial charge in [-0.25, -0.2) is 4.98 Å². The number of benzene rings is 1. The van der Waals surface area contributed by atoms with Crippen LogP contribution in [-0.4, -0.2) is 11.2 Å². The van der Waals surface area contributed by atoms with Gasteiger partial charge in [-0.2, -0.15) is 5.26 Å². The number of rotatable bonds is 4. The van der Waals surface area contributed by atoms with Crippen molar-refractivity contribution in [1.82, 2.24) is 4.98 Å². The molecule has 2 aromatic rings. The lowest BCUT2D eigenvalue weighted by Gasteiger charge is -2.27. The number of thioether (sulfide) groups is 1. The molecule has 2 N–H and O–H groups in total. The molecule has 0 bridgehead atoms. The molecule has 124 valence electrons. The highest BCUT2D eigenvalue weighted by molar-refractivity contribution is 7.98. The molecule has 4 heteroatoms. The Morgan fingerprint density at radius 1 is 1.33 bits per heavy atom. The number of nitrogens with two attached hydrogens (primary N) is 1. The van der Waals surface area contributed by atoms with E-state index in [0.29, 0.717) is 17.3 Å². The van der Waals surface area contributed by atoms with Gasteiger partial charge in [-0.15, -0.1) is 11.8 Å². The van der Waals surface area contributed by atoms with Crippen LogP contribution >= 0.6 is 11.8 Å². The van der Waals surface area contributed by atoms with E-state index < -0.39 is 0 Å². The molecular formula is C20H23N3S. The molecule has 1 aliphatic rings. The predicted octanol–water partition coefficient (Wildman–Crippen LogP) is 4.83. The van der Waals surface area contributed by atoms with E-state index in [9.17, 15) is 5.26 Å². The number of nitriles is 1. The first-order valence-electron chi connectivity index (χ1n) is 8.53. The van der Waals surface area contributed by atoms with Gasteiger partial charge in [0.05, 0.1) is 0 Å². The number of nitrogens with zero attached hydrogens (tertiary/aromatic N) is 2. The van der Waals surface area contributed by atoms with Gasteiger partial charge in [0.2, 0.25) is 0 Å². The third-order valence-electron chi connectivity index (χ3n) is 4.88. The highest BCUT2D eigenvalue weighted by atomic mass is 32.2. The molecule has 1 heterocycles. The number of hydrogen-bond acceptors (Lipinski definition) is 4. The lowest BCUT2D eigenvalue weighted by atomic mass is 9.79. The molecule has 0 saturated heterocycles. The van der Waals surface area contributed by atoms with Gasteiger partial charge in [0, 0.05) is 16.2 Å². The summed E-state index contributed by atoms with van der Waals surface area (Å²) < 4.78 is 0. The van der Waals surface area contributed by atoms with Gasteiger partial charge < -0.3 is 5.73 Å². The molecule has 0 amide bonds. The van der Waals surface area contributed by atoms with Gasteiger partial charge in [-0.1, -0.05) is 31.9 Å². The molecule has 1 aromatic heterocycles. The molecule has 0 aliphatic heterocycles. The Morgan fingerprint density at radius 3 is 2.71 bits per heavy atom. The Balaban J connectivity index is 2.15. The lowest BCUT2D eigenvalue weighted by molar-refractivity contribution is 0.419. The van der Waals surface area contributed by atoms with Gasteiger partial charge in [-0.3, -0.25) is 0 Å². The molecule has 1 atom stereocenters. The maximum atomic E-state index is 9.66. The Bertz CT molecular complexity index is 775. The summed E-state index contributed by atoms with van der Waals surface area (Å²) in [6.07, 6.45) is 7.64. The molecule has 0 saturated carbocycles. The summed E-state index contributed by atoms with van der Waals surface area (Å²) in [5, 5.41) is 9.66. The Labute approximate surface area is 148 Å². The molecule has 0 fully saturated rings. The molecule has 24 heavy (non-hydrogen) atoms.